The second kappa shape index (κ2) is 4.60. The number of hydrogen-bond acceptors (Lipinski definition) is 2. The summed E-state index contributed by atoms with van der Waals surface area (Å²) in [4.78, 5) is 7.80. The van der Waals surface area contributed by atoms with Gasteiger partial charge in [-0.15, -0.1) is 0 Å². The zero-order chi connectivity index (χ0) is 10.7. The average Bonchev–Trinajstić information content (AvgIpc) is 2.24. The lowest BCUT2D eigenvalue weighted by atomic mass is 10.1. The maximum atomic E-state index is 5.94. The third-order valence-electron chi connectivity index (χ3n) is 2.02. The highest BCUT2D eigenvalue weighted by Gasteiger charge is 2.04. The Balaban J connectivity index is 2.25. The molecule has 1 aromatic heterocycles. The highest BCUT2D eigenvalue weighted by atomic mass is 35.5. The molecular formula is C11H8Cl2N2. The second-order valence-electron chi connectivity index (χ2n) is 3.12. The highest BCUT2D eigenvalue weighted by Crippen LogP contribution is 2.17. The molecule has 0 unspecified atom stereocenters. The number of rotatable bonds is 2. The van der Waals surface area contributed by atoms with E-state index in [4.69, 9.17) is 23.2 Å². The minimum atomic E-state index is 0.178. The van der Waals surface area contributed by atoms with E-state index in [2.05, 4.69) is 9.97 Å². The van der Waals surface area contributed by atoms with Crippen LogP contribution < -0.4 is 0 Å². The van der Waals surface area contributed by atoms with E-state index in [0.29, 0.717) is 5.15 Å². The van der Waals surface area contributed by atoms with Crippen molar-refractivity contribution in [3.8, 4) is 0 Å². The Kier molecular flexibility index (Phi) is 3.19. The molecule has 76 valence electrons. The Morgan fingerprint density at radius 3 is 2.47 bits per heavy atom. The molecule has 0 spiro atoms. The van der Waals surface area contributed by atoms with Crippen LogP contribution in [-0.4, -0.2) is 9.97 Å². The van der Waals surface area contributed by atoms with Gasteiger partial charge in [0.05, 0.1) is 0 Å². The lowest BCUT2D eigenvalue weighted by Crippen LogP contribution is -1.93. The maximum Gasteiger partial charge on any atom is 0.223 e. The fourth-order valence-electron chi connectivity index (χ4n) is 1.30. The summed E-state index contributed by atoms with van der Waals surface area (Å²) in [5, 5.41) is 0.593. The molecule has 0 saturated carbocycles. The summed E-state index contributed by atoms with van der Waals surface area (Å²) in [5.41, 5.74) is 2.05. The molecule has 2 rings (SSSR count). The Bertz CT molecular complexity index is 457. The van der Waals surface area contributed by atoms with Crippen LogP contribution >= 0.6 is 23.2 Å². The van der Waals surface area contributed by atoms with Gasteiger partial charge in [-0.05, 0) is 17.2 Å². The van der Waals surface area contributed by atoms with Crippen LogP contribution in [0.1, 0.15) is 11.1 Å². The Morgan fingerprint density at radius 1 is 1.07 bits per heavy atom. The van der Waals surface area contributed by atoms with Crippen LogP contribution in [0, 0.1) is 0 Å². The Hall–Kier alpha value is -1.12. The zero-order valence-electron chi connectivity index (χ0n) is 7.82. The van der Waals surface area contributed by atoms with Crippen molar-refractivity contribution in [2.24, 2.45) is 0 Å². The standard InChI is InChI=1S/C11H8Cl2N2/c12-10-9(7-14-11(13)15-10)6-8-4-2-1-3-5-8/h1-5,7H,6H2. The number of benzene rings is 1. The second-order valence-corrected chi connectivity index (χ2v) is 3.81. The molecule has 0 atom stereocenters. The minimum Gasteiger partial charge on any atom is -0.226 e. The SMILES string of the molecule is Clc1ncc(Cc2ccccc2)c(Cl)n1. The number of hydrogen-bond donors (Lipinski definition) is 0. The molecular weight excluding hydrogens is 231 g/mol. The normalized spacial score (nSPS) is 10.3. The van der Waals surface area contributed by atoms with Gasteiger partial charge in [0.25, 0.3) is 0 Å². The first kappa shape index (κ1) is 10.4. The van der Waals surface area contributed by atoms with Crippen LogP contribution in [0.3, 0.4) is 0 Å². The smallest absolute Gasteiger partial charge is 0.223 e. The first-order valence-corrected chi connectivity index (χ1v) is 5.22. The van der Waals surface area contributed by atoms with Crippen molar-refractivity contribution in [1.82, 2.24) is 9.97 Å². The summed E-state index contributed by atoms with van der Waals surface area (Å²) in [6, 6.07) is 10.0. The van der Waals surface area contributed by atoms with Gasteiger partial charge in [-0.3, -0.25) is 0 Å². The molecule has 0 N–H and O–H groups in total. The van der Waals surface area contributed by atoms with Crippen LogP contribution in [0.25, 0.3) is 0 Å². The van der Waals surface area contributed by atoms with Crippen molar-refractivity contribution >= 4 is 23.2 Å². The molecule has 1 aromatic carbocycles. The van der Waals surface area contributed by atoms with Gasteiger partial charge in [0, 0.05) is 18.2 Å². The van der Waals surface area contributed by atoms with Gasteiger partial charge in [0.1, 0.15) is 5.15 Å². The molecule has 0 aliphatic carbocycles. The molecule has 0 aliphatic rings. The maximum absolute atomic E-state index is 5.94. The molecule has 0 aliphatic heterocycles. The molecule has 0 saturated heterocycles. The zero-order valence-corrected chi connectivity index (χ0v) is 9.33. The average molecular weight is 239 g/mol. The summed E-state index contributed by atoms with van der Waals surface area (Å²) in [7, 11) is 0. The molecule has 2 aromatic rings. The number of nitrogens with zero attached hydrogens (tertiary/aromatic N) is 2. The molecule has 15 heavy (non-hydrogen) atoms. The third-order valence-corrected chi connectivity index (χ3v) is 2.53. The quantitative estimate of drug-likeness (QED) is 0.593. The molecule has 0 bridgehead atoms. The van der Waals surface area contributed by atoms with Crippen molar-refractivity contribution in [3.05, 3.63) is 58.1 Å². The van der Waals surface area contributed by atoms with E-state index in [0.717, 1.165) is 12.0 Å². The Morgan fingerprint density at radius 2 is 1.80 bits per heavy atom. The number of halogens is 2. The lowest BCUT2D eigenvalue weighted by Gasteiger charge is -2.02. The summed E-state index contributed by atoms with van der Waals surface area (Å²) < 4.78 is 0. The van der Waals surface area contributed by atoms with E-state index < -0.39 is 0 Å². The largest absolute Gasteiger partial charge is 0.226 e. The van der Waals surface area contributed by atoms with Crippen molar-refractivity contribution in [1.29, 1.82) is 0 Å². The van der Waals surface area contributed by atoms with Crippen LogP contribution in [0.2, 0.25) is 10.4 Å². The van der Waals surface area contributed by atoms with Crippen molar-refractivity contribution in [2.75, 3.05) is 0 Å². The third kappa shape index (κ3) is 2.67. The first-order valence-electron chi connectivity index (χ1n) is 4.46. The van der Waals surface area contributed by atoms with E-state index in [-0.39, 0.29) is 5.28 Å². The lowest BCUT2D eigenvalue weighted by molar-refractivity contribution is 1.07. The predicted molar refractivity (Wildman–Crippen MR) is 61.3 cm³/mol. The molecule has 2 nitrogen and oxygen atoms in total. The highest BCUT2D eigenvalue weighted by molar-refractivity contribution is 6.32. The van der Waals surface area contributed by atoms with Gasteiger partial charge in [-0.25, -0.2) is 9.97 Å². The summed E-state index contributed by atoms with van der Waals surface area (Å²) in [5.74, 6) is 0. The molecule has 0 radical (unpaired) electrons. The van der Waals surface area contributed by atoms with Crippen LogP contribution in [0.4, 0.5) is 0 Å². The van der Waals surface area contributed by atoms with Crippen LogP contribution in [0.15, 0.2) is 36.5 Å². The first-order chi connectivity index (χ1) is 7.25. The van der Waals surface area contributed by atoms with E-state index in [1.165, 1.54) is 5.56 Å². The Labute approximate surface area is 97.9 Å². The topological polar surface area (TPSA) is 25.8 Å². The van der Waals surface area contributed by atoms with Gasteiger partial charge in [-0.1, -0.05) is 41.9 Å². The molecule has 4 heteroatoms. The fourth-order valence-corrected chi connectivity index (χ4v) is 1.67. The monoisotopic (exact) mass is 238 g/mol. The van der Waals surface area contributed by atoms with Gasteiger partial charge in [0.2, 0.25) is 5.28 Å². The van der Waals surface area contributed by atoms with Crippen molar-refractivity contribution in [3.63, 3.8) is 0 Å². The van der Waals surface area contributed by atoms with Crippen molar-refractivity contribution < 1.29 is 0 Å². The van der Waals surface area contributed by atoms with Gasteiger partial charge < -0.3 is 0 Å². The van der Waals surface area contributed by atoms with E-state index in [1.54, 1.807) is 6.20 Å². The molecule has 1 heterocycles. The summed E-state index contributed by atoms with van der Waals surface area (Å²) in [6.07, 6.45) is 2.38. The number of aromatic nitrogens is 2. The summed E-state index contributed by atoms with van der Waals surface area (Å²) in [6.45, 7) is 0. The van der Waals surface area contributed by atoms with Gasteiger partial charge in [-0.2, -0.15) is 0 Å². The summed E-state index contributed by atoms with van der Waals surface area (Å²) >= 11 is 11.6. The van der Waals surface area contributed by atoms with Crippen molar-refractivity contribution in [2.45, 2.75) is 6.42 Å². The minimum absolute atomic E-state index is 0.178. The molecule has 0 fully saturated rings. The van der Waals surface area contributed by atoms with E-state index in [9.17, 15) is 0 Å². The van der Waals surface area contributed by atoms with E-state index in [1.807, 2.05) is 30.3 Å². The van der Waals surface area contributed by atoms with Gasteiger partial charge >= 0.3 is 0 Å². The van der Waals surface area contributed by atoms with E-state index >= 15 is 0 Å². The predicted octanol–water partition coefficient (Wildman–Crippen LogP) is 3.37. The molecule has 0 amide bonds. The fraction of sp³-hybridized carbons (Fsp3) is 0.0909. The van der Waals surface area contributed by atoms with Crippen LogP contribution in [-0.2, 0) is 6.42 Å². The van der Waals surface area contributed by atoms with Crippen LogP contribution in [0.5, 0.6) is 0 Å². The van der Waals surface area contributed by atoms with Gasteiger partial charge in [0.15, 0.2) is 0 Å².